The Morgan fingerprint density at radius 3 is 2.91 bits per heavy atom. The van der Waals surface area contributed by atoms with Crippen LogP contribution < -0.4 is 5.32 Å². The molecular formula is C8H9FN2. The lowest BCUT2D eigenvalue weighted by atomic mass is 10.00. The van der Waals surface area contributed by atoms with Crippen LogP contribution in [0.15, 0.2) is 18.5 Å². The minimum absolute atomic E-state index is 0.254. The van der Waals surface area contributed by atoms with Crippen molar-refractivity contribution in [2.75, 3.05) is 6.54 Å². The zero-order chi connectivity index (χ0) is 7.68. The lowest BCUT2D eigenvalue weighted by Gasteiger charge is -2.27. The van der Waals surface area contributed by atoms with Crippen molar-refractivity contribution in [1.29, 1.82) is 0 Å². The molecule has 1 aliphatic heterocycles. The first-order valence-electron chi connectivity index (χ1n) is 3.70. The summed E-state index contributed by atoms with van der Waals surface area (Å²) >= 11 is 0. The van der Waals surface area contributed by atoms with Gasteiger partial charge in [-0.05, 0) is 24.6 Å². The van der Waals surface area contributed by atoms with Gasteiger partial charge >= 0.3 is 0 Å². The fraction of sp³-hybridized carbons (Fsp3) is 0.375. The molecule has 1 atom stereocenters. The minimum atomic E-state index is -0.254. The smallest absolute Gasteiger partial charge is 0.141 e. The van der Waals surface area contributed by atoms with Crippen molar-refractivity contribution in [2.24, 2.45) is 0 Å². The summed E-state index contributed by atoms with van der Waals surface area (Å²) in [5, 5.41) is 3.18. The number of halogens is 1. The number of aromatic nitrogens is 1. The molecule has 1 N–H and O–H groups in total. The molecule has 1 aromatic heterocycles. The summed E-state index contributed by atoms with van der Waals surface area (Å²) in [6.07, 6.45) is 4.02. The SMILES string of the molecule is Fc1cncc([C@@H]2CCN2)c1. The fourth-order valence-corrected chi connectivity index (χ4v) is 1.19. The first kappa shape index (κ1) is 6.73. The highest BCUT2D eigenvalue weighted by molar-refractivity contribution is 5.17. The third kappa shape index (κ3) is 1.24. The Hall–Kier alpha value is -0.960. The largest absolute Gasteiger partial charge is 0.310 e. The molecule has 0 unspecified atom stereocenters. The van der Waals surface area contributed by atoms with Crippen molar-refractivity contribution in [3.8, 4) is 0 Å². The van der Waals surface area contributed by atoms with Gasteiger partial charge < -0.3 is 5.32 Å². The Morgan fingerprint density at radius 1 is 1.55 bits per heavy atom. The van der Waals surface area contributed by atoms with Crippen LogP contribution in [-0.4, -0.2) is 11.5 Å². The molecule has 2 heterocycles. The van der Waals surface area contributed by atoms with E-state index >= 15 is 0 Å². The molecule has 0 bridgehead atoms. The molecule has 0 radical (unpaired) electrons. The molecule has 2 rings (SSSR count). The van der Waals surface area contributed by atoms with Crippen LogP contribution in [0.3, 0.4) is 0 Å². The van der Waals surface area contributed by atoms with E-state index in [4.69, 9.17) is 0 Å². The maximum absolute atomic E-state index is 12.6. The molecule has 3 heteroatoms. The number of pyridine rings is 1. The van der Waals surface area contributed by atoms with Gasteiger partial charge in [0, 0.05) is 12.2 Å². The lowest BCUT2D eigenvalue weighted by molar-refractivity contribution is 0.381. The monoisotopic (exact) mass is 152 g/mol. The van der Waals surface area contributed by atoms with Crippen molar-refractivity contribution < 1.29 is 4.39 Å². The van der Waals surface area contributed by atoms with E-state index in [1.54, 1.807) is 6.20 Å². The average molecular weight is 152 g/mol. The Morgan fingerprint density at radius 2 is 2.36 bits per heavy atom. The number of nitrogens with zero attached hydrogens (tertiary/aromatic N) is 1. The molecule has 2 nitrogen and oxygen atoms in total. The molecule has 58 valence electrons. The van der Waals surface area contributed by atoms with Crippen molar-refractivity contribution in [2.45, 2.75) is 12.5 Å². The lowest BCUT2D eigenvalue weighted by Crippen LogP contribution is -2.35. The van der Waals surface area contributed by atoms with E-state index in [-0.39, 0.29) is 5.82 Å². The molecule has 0 aromatic carbocycles. The van der Waals surface area contributed by atoms with Crippen LogP contribution in [0, 0.1) is 5.82 Å². The topological polar surface area (TPSA) is 24.9 Å². The van der Waals surface area contributed by atoms with E-state index in [2.05, 4.69) is 10.3 Å². The zero-order valence-electron chi connectivity index (χ0n) is 6.05. The second-order valence-electron chi connectivity index (χ2n) is 2.73. The van der Waals surface area contributed by atoms with E-state index in [9.17, 15) is 4.39 Å². The Bertz CT molecular complexity index is 258. The summed E-state index contributed by atoms with van der Waals surface area (Å²) < 4.78 is 12.6. The molecule has 1 saturated heterocycles. The van der Waals surface area contributed by atoms with Crippen molar-refractivity contribution >= 4 is 0 Å². The van der Waals surface area contributed by atoms with Gasteiger partial charge in [0.15, 0.2) is 0 Å². The highest BCUT2D eigenvalue weighted by Crippen LogP contribution is 2.21. The molecule has 0 amide bonds. The molecule has 0 saturated carbocycles. The normalized spacial score (nSPS) is 22.8. The summed E-state index contributed by atoms with van der Waals surface area (Å²) in [5.41, 5.74) is 0.955. The van der Waals surface area contributed by atoms with Crippen LogP contribution in [0.25, 0.3) is 0 Å². The van der Waals surface area contributed by atoms with E-state index < -0.39 is 0 Å². The predicted molar refractivity (Wildman–Crippen MR) is 39.6 cm³/mol. The van der Waals surface area contributed by atoms with Crippen LogP contribution in [0.1, 0.15) is 18.0 Å². The standard InChI is InChI=1S/C8H9FN2/c9-7-3-6(4-10-5-7)8-1-2-11-8/h3-5,8,11H,1-2H2/t8-/m0/s1. The molecule has 1 aromatic rings. The second kappa shape index (κ2) is 2.58. The second-order valence-corrected chi connectivity index (χ2v) is 2.73. The fourth-order valence-electron chi connectivity index (χ4n) is 1.19. The van der Waals surface area contributed by atoms with Crippen LogP contribution >= 0.6 is 0 Å². The number of hydrogen-bond acceptors (Lipinski definition) is 2. The highest BCUT2D eigenvalue weighted by atomic mass is 19.1. The zero-order valence-corrected chi connectivity index (χ0v) is 6.05. The molecule has 11 heavy (non-hydrogen) atoms. The summed E-state index contributed by atoms with van der Waals surface area (Å²) in [4.78, 5) is 3.77. The molecule has 0 aliphatic carbocycles. The summed E-state index contributed by atoms with van der Waals surface area (Å²) in [5.74, 6) is -0.254. The average Bonchev–Trinajstić information content (AvgIpc) is 1.83. The van der Waals surface area contributed by atoms with Gasteiger partial charge in [0.2, 0.25) is 0 Å². The van der Waals surface area contributed by atoms with E-state index in [1.165, 1.54) is 12.3 Å². The maximum atomic E-state index is 12.6. The maximum Gasteiger partial charge on any atom is 0.141 e. The number of nitrogens with one attached hydrogen (secondary N) is 1. The number of hydrogen-bond donors (Lipinski definition) is 1. The Kier molecular flexibility index (Phi) is 1.58. The first-order valence-corrected chi connectivity index (χ1v) is 3.70. The van der Waals surface area contributed by atoms with Crippen LogP contribution in [0.5, 0.6) is 0 Å². The van der Waals surface area contributed by atoms with E-state index in [1.807, 2.05) is 0 Å². The van der Waals surface area contributed by atoms with Gasteiger partial charge in [-0.25, -0.2) is 4.39 Å². The van der Waals surface area contributed by atoms with Gasteiger partial charge in [-0.2, -0.15) is 0 Å². The van der Waals surface area contributed by atoms with Crippen molar-refractivity contribution in [3.05, 3.63) is 29.8 Å². The Labute approximate surface area is 64.5 Å². The quantitative estimate of drug-likeness (QED) is 0.655. The highest BCUT2D eigenvalue weighted by Gasteiger charge is 2.18. The van der Waals surface area contributed by atoms with Crippen LogP contribution in [0.2, 0.25) is 0 Å². The van der Waals surface area contributed by atoms with Crippen molar-refractivity contribution in [3.63, 3.8) is 0 Å². The number of rotatable bonds is 1. The van der Waals surface area contributed by atoms with Crippen LogP contribution in [-0.2, 0) is 0 Å². The van der Waals surface area contributed by atoms with E-state index in [0.717, 1.165) is 18.5 Å². The third-order valence-corrected chi connectivity index (χ3v) is 1.95. The minimum Gasteiger partial charge on any atom is -0.310 e. The molecule has 1 fully saturated rings. The van der Waals surface area contributed by atoms with Gasteiger partial charge in [-0.15, -0.1) is 0 Å². The van der Waals surface area contributed by atoms with Gasteiger partial charge in [0.25, 0.3) is 0 Å². The predicted octanol–water partition coefficient (Wildman–Crippen LogP) is 1.26. The molecular weight excluding hydrogens is 143 g/mol. The Balaban J connectivity index is 2.23. The molecule has 0 spiro atoms. The third-order valence-electron chi connectivity index (χ3n) is 1.95. The summed E-state index contributed by atoms with van der Waals surface area (Å²) in [6, 6.07) is 1.86. The van der Waals surface area contributed by atoms with Gasteiger partial charge in [0.05, 0.1) is 6.20 Å². The van der Waals surface area contributed by atoms with Gasteiger partial charge in [-0.3, -0.25) is 4.98 Å². The van der Waals surface area contributed by atoms with Gasteiger partial charge in [-0.1, -0.05) is 0 Å². The van der Waals surface area contributed by atoms with Crippen molar-refractivity contribution in [1.82, 2.24) is 10.3 Å². The van der Waals surface area contributed by atoms with Crippen LogP contribution in [0.4, 0.5) is 4.39 Å². The van der Waals surface area contributed by atoms with Gasteiger partial charge in [0.1, 0.15) is 5.82 Å². The summed E-state index contributed by atoms with van der Waals surface area (Å²) in [7, 11) is 0. The first-order chi connectivity index (χ1) is 5.36. The molecule has 1 aliphatic rings. The summed E-state index contributed by atoms with van der Waals surface area (Å²) in [6.45, 7) is 1.03. The van der Waals surface area contributed by atoms with E-state index in [0.29, 0.717) is 6.04 Å².